The molecule has 3 rings (SSSR count). The molecule has 7 nitrogen and oxygen atoms in total. The first-order chi connectivity index (χ1) is 10.8. The molecule has 1 aliphatic carbocycles. The van der Waals surface area contributed by atoms with Crippen LogP contribution in [0.2, 0.25) is 0 Å². The molecule has 118 valence electrons. The second kappa shape index (κ2) is 4.99. The number of ketones is 2. The second-order valence-electron chi connectivity index (χ2n) is 5.29. The van der Waals surface area contributed by atoms with Crippen molar-refractivity contribution in [2.24, 2.45) is 0 Å². The highest BCUT2D eigenvalue weighted by molar-refractivity contribution is 6.20. The van der Waals surface area contributed by atoms with Crippen LogP contribution in [-0.2, 0) is 0 Å². The Hall–Kier alpha value is -3.06. The SMILES string of the molecule is O=C1c2c(O)cc(O)cc2C(=O)[C@H](c2ccc(O)c(O)c2)[C@@H]1O. The van der Waals surface area contributed by atoms with Crippen LogP contribution < -0.4 is 0 Å². The molecule has 0 aromatic heterocycles. The topological polar surface area (TPSA) is 135 Å². The molecule has 2 atom stereocenters. The zero-order valence-corrected chi connectivity index (χ0v) is 11.6. The molecule has 0 bridgehead atoms. The lowest BCUT2D eigenvalue weighted by Crippen LogP contribution is -2.39. The molecule has 0 saturated heterocycles. The van der Waals surface area contributed by atoms with Crippen molar-refractivity contribution in [3.8, 4) is 23.0 Å². The van der Waals surface area contributed by atoms with Gasteiger partial charge in [0.2, 0.25) is 0 Å². The number of aromatic hydroxyl groups is 4. The van der Waals surface area contributed by atoms with Gasteiger partial charge in [-0.25, -0.2) is 0 Å². The summed E-state index contributed by atoms with van der Waals surface area (Å²) in [6.07, 6.45) is -1.76. The van der Waals surface area contributed by atoms with Gasteiger partial charge in [-0.05, 0) is 23.8 Å². The lowest BCUT2D eigenvalue weighted by molar-refractivity contribution is 0.0594. The molecular formula is C16H12O7. The van der Waals surface area contributed by atoms with Gasteiger partial charge < -0.3 is 25.5 Å². The number of carbonyl (C=O) groups excluding carboxylic acids is 2. The highest BCUT2D eigenvalue weighted by Crippen LogP contribution is 2.40. The van der Waals surface area contributed by atoms with E-state index < -0.39 is 46.6 Å². The van der Waals surface area contributed by atoms with Crippen molar-refractivity contribution in [1.82, 2.24) is 0 Å². The molecule has 0 unspecified atom stereocenters. The van der Waals surface area contributed by atoms with Crippen LogP contribution in [0, 0.1) is 0 Å². The molecular weight excluding hydrogens is 304 g/mol. The van der Waals surface area contributed by atoms with Crippen LogP contribution in [-0.4, -0.2) is 43.2 Å². The number of phenols is 4. The molecule has 0 heterocycles. The number of phenolic OH excluding ortho intramolecular Hbond substituents is 4. The minimum absolute atomic E-state index is 0.125. The summed E-state index contributed by atoms with van der Waals surface area (Å²) in [5.41, 5.74) is -0.436. The average Bonchev–Trinajstić information content (AvgIpc) is 2.48. The quantitative estimate of drug-likeness (QED) is 0.496. The average molecular weight is 316 g/mol. The lowest BCUT2D eigenvalue weighted by atomic mass is 9.76. The summed E-state index contributed by atoms with van der Waals surface area (Å²) in [6, 6.07) is 5.44. The molecule has 0 amide bonds. The van der Waals surface area contributed by atoms with Crippen molar-refractivity contribution < 1.29 is 35.1 Å². The molecule has 1 aliphatic rings. The third-order valence-electron chi connectivity index (χ3n) is 3.84. The predicted molar refractivity (Wildman–Crippen MR) is 77.0 cm³/mol. The van der Waals surface area contributed by atoms with Crippen LogP contribution in [0.4, 0.5) is 0 Å². The van der Waals surface area contributed by atoms with E-state index in [4.69, 9.17) is 0 Å². The van der Waals surface area contributed by atoms with Crippen molar-refractivity contribution in [2.45, 2.75) is 12.0 Å². The Kier molecular flexibility index (Phi) is 3.23. The monoisotopic (exact) mass is 316 g/mol. The van der Waals surface area contributed by atoms with Crippen molar-refractivity contribution >= 4 is 11.6 Å². The fourth-order valence-corrected chi connectivity index (χ4v) is 2.74. The van der Waals surface area contributed by atoms with Gasteiger partial charge >= 0.3 is 0 Å². The molecule has 0 radical (unpaired) electrons. The first-order valence-electron chi connectivity index (χ1n) is 6.65. The Balaban J connectivity index is 2.19. The number of hydrogen-bond acceptors (Lipinski definition) is 7. The normalized spacial score (nSPS) is 20.4. The molecule has 5 N–H and O–H groups in total. The lowest BCUT2D eigenvalue weighted by Gasteiger charge is -2.28. The summed E-state index contributed by atoms with van der Waals surface area (Å²) >= 11 is 0. The van der Waals surface area contributed by atoms with Crippen LogP contribution in [0.3, 0.4) is 0 Å². The van der Waals surface area contributed by atoms with Gasteiger partial charge in [0.1, 0.15) is 17.6 Å². The zero-order chi connectivity index (χ0) is 16.9. The first-order valence-corrected chi connectivity index (χ1v) is 6.65. The molecule has 2 aromatic carbocycles. The van der Waals surface area contributed by atoms with E-state index in [1.807, 2.05) is 0 Å². The Morgan fingerprint density at radius 2 is 1.48 bits per heavy atom. The summed E-state index contributed by atoms with van der Waals surface area (Å²) < 4.78 is 0. The molecule has 0 spiro atoms. The van der Waals surface area contributed by atoms with E-state index in [0.717, 1.165) is 24.3 Å². The second-order valence-corrected chi connectivity index (χ2v) is 5.29. The molecule has 2 aromatic rings. The summed E-state index contributed by atoms with van der Waals surface area (Å²) in [5.74, 6) is -4.77. The number of aliphatic hydroxyl groups is 1. The number of fused-ring (bicyclic) bond motifs is 1. The van der Waals surface area contributed by atoms with Crippen molar-refractivity contribution in [1.29, 1.82) is 0 Å². The summed E-state index contributed by atoms with van der Waals surface area (Å²) in [6.45, 7) is 0. The molecule has 0 fully saturated rings. The van der Waals surface area contributed by atoms with Crippen molar-refractivity contribution in [3.63, 3.8) is 0 Å². The zero-order valence-electron chi connectivity index (χ0n) is 11.6. The van der Waals surface area contributed by atoms with Gasteiger partial charge in [0.05, 0.1) is 11.5 Å². The van der Waals surface area contributed by atoms with E-state index in [1.54, 1.807) is 0 Å². The standard InChI is InChI=1S/C16H12O7/c17-7-4-8-13(11(20)5-7)16(23)15(22)12(14(8)21)6-1-2-9(18)10(19)3-6/h1-5,12,15,17-20,22H/t12-,15-/m0/s1. The van der Waals surface area contributed by atoms with Gasteiger partial charge in [-0.1, -0.05) is 6.07 Å². The summed E-state index contributed by atoms with van der Waals surface area (Å²) in [7, 11) is 0. The van der Waals surface area contributed by atoms with E-state index >= 15 is 0 Å². The smallest absolute Gasteiger partial charge is 0.196 e. The van der Waals surface area contributed by atoms with Crippen LogP contribution in [0.15, 0.2) is 30.3 Å². The van der Waals surface area contributed by atoms with Gasteiger partial charge in [-0.2, -0.15) is 0 Å². The maximum atomic E-state index is 12.6. The van der Waals surface area contributed by atoms with Gasteiger partial charge in [0, 0.05) is 11.6 Å². The van der Waals surface area contributed by atoms with E-state index in [1.165, 1.54) is 6.07 Å². The van der Waals surface area contributed by atoms with Crippen LogP contribution in [0.25, 0.3) is 0 Å². The highest BCUT2D eigenvalue weighted by atomic mass is 16.3. The van der Waals surface area contributed by atoms with Crippen molar-refractivity contribution in [3.05, 3.63) is 47.0 Å². The van der Waals surface area contributed by atoms with E-state index in [-0.39, 0.29) is 16.7 Å². The number of rotatable bonds is 1. The maximum Gasteiger partial charge on any atom is 0.196 e. The highest BCUT2D eigenvalue weighted by Gasteiger charge is 2.43. The Morgan fingerprint density at radius 3 is 2.13 bits per heavy atom. The molecule has 7 heteroatoms. The van der Waals surface area contributed by atoms with Crippen LogP contribution >= 0.6 is 0 Å². The third kappa shape index (κ3) is 2.18. The number of Topliss-reactive ketones (excluding diaryl/α,β-unsaturated/α-hetero) is 2. The number of carbonyl (C=O) groups is 2. The number of hydrogen-bond donors (Lipinski definition) is 5. The molecule has 0 aliphatic heterocycles. The maximum absolute atomic E-state index is 12.6. The van der Waals surface area contributed by atoms with E-state index in [2.05, 4.69) is 0 Å². The van der Waals surface area contributed by atoms with E-state index in [9.17, 15) is 35.1 Å². The fraction of sp³-hybridized carbons (Fsp3) is 0.125. The fourth-order valence-electron chi connectivity index (χ4n) is 2.74. The van der Waals surface area contributed by atoms with Gasteiger partial charge in [-0.15, -0.1) is 0 Å². The molecule has 23 heavy (non-hydrogen) atoms. The first kappa shape index (κ1) is 14.9. The minimum atomic E-state index is -1.76. The van der Waals surface area contributed by atoms with Gasteiger partial charge in [0.15, 0.2) is 23.1 Å². The van der Waals surface area contributed by atoms with Crippen LogP contribution in [0.1, 0.15) is 32.2 Å². The Morgan fingerprint density at radius 1 is 0.783 bits per heavy atom. The molecule has 0 saturated carbocycles. The predicted octanol–water partition coefficient (Wildman–Crippen LogP) is 1.03. The van der Waals surface area contributed by atoms with E-state index in [0.29, 0.717) is 0 Å². The third-order valence-corrected chi connectivity index (χ3v) is 3.84. The summed E-state index contributed by atoms with van der Waals surface area (Å²) in [5, 5.41) is 48.3. The Bertz CT molecular complexity index is 841. The summed E-state index contributed by atoms with van der Waals surface area (Å²) in [4.78, 5) is 24.9. The van der Waals surface area contributed by atoms with Gasteiger partial charge in [-0.3, -0.25) is 9.59 Å². The number of benzene rings is 2. The van der Waals surface area contributed by atoms with Crippen LogP contribution in [0.5, 0.6) is 23.0 Å². The Labute approximate surface area is 129 Å². The largest absolute Gasteiger partial charge is 0.508 e. The number of aliphatic hydroxyl groups excluding tert-OH is 1. The minimum Gasteiger partial charge on any atom is -0.508 e. The van der Waals surface area contributed by atoms with Crippen molar-refractivity contribution in [2.75, 3.05) is 0 Å². The van der Waals surface area contributed by atoms with Gasteiger partial charge in [0.25, 0.3) is 0 Å².